The van der Waals surface area contributed by atoms with Crippen LogP contribution >= 0.6 is 0 Å². The predicted octanol–water partition coefficient (Wildman–Crippen LogP) is 2.37. The van der Waals surface area contributed by atoms with E-state index in [1.54, 1.807) is 4.90 Å². The van der Waals surface area contributed by atoms with E-state index in [1.165, 1.54) is 0 Å². The molecule has 0 aromatic rings. The summed E-state index contributed by atoms with van der Waals surface area (Å²) in [6.45, 7) is 11.5. The van der Waals surface area contributed by atoms with Gasteiger partial charge in [-0.1, -0.05) is 6.92 Å². The first-order valence-corrected chi connectivity index (χ1v) is 6.35. The van der Waals surface area contributed by atoms with Gasteiger partial charge >= 0.3 is 6.09 Å². The fourth-order valence-electron chi connectivity index (χ4n) is 2.07. The molecule has 1 unspecified atom stereocenters. The maximum absolute atomic E-state index is 11.7. The monoisotopic (exact) mass is 242 g/mol. The molecular formula is C13H26N2O2. The van der Waals surface area contributed by atoms with E-state index in [2.05, 4.69) is 6.92 Å². The zero-order valence-corrected chi connectivity index (χ0v) is 11.7. The van der Waals surface area contributed by atoms with Crippen LogP contribution < -0.4 is 5.73 Å². The molecule has 0 radical (unpaired) electrons. The molecular weight excluding hydrogens is 216 g/mol. The average Bonchev–Trinajstić information content (AvgIpc) is 2.07. The van der Waals surface area contributed by atoms with Gasteiger partial charge in [-0.3, -0.25) is 0 Å². The fraction of sp³-hybridized carbons (Fsp3) is 0.923. The number of amides is 1. The van der Waals surface area contributed by atoms with Crippen LogP contribution in [0.5, 0.6) is 0 Å². The number of rotatable bonds is 3. The van der Waals surface area contributed by atoms with Gasteiger partial charge in [0.2, 0.25) is 0 Å². The number of nitrogens with two attached hydrogens (primary N) is 1. The smallest absolute Gasteiger partial charge is 0.410 e. The Balaban J connectivity index is 2.33. The van der Waals surface area contributed by atoms with Gasteiger partial charge in [-0.15, -0.1) is 0 Å². The van der Waals surface area contributed by atoms with E-state index in [1.807, 2.05) is 27.7 Å². The molecule has 0 aromatic heterocycles. The van der Waals surface area contributed by atoms with E-state index in [0.29, 0.717) is 0 Å². The maximum atomic E-state index is 11.7. The van der Waals surface area contributed by atoms with Crippen LogP contribution in [0, 0.1) is 5.41 Å². The highest BCUT2D eigenvalue weighted by Crippen LogP contribution is 2.35. The van der Waals surface area contributed by atoms with Crippen LogP contribution in [0.1, 0.15) is 47.5 Å². The van der Waals surface area contributed by atoms with Gasteiger partial charge in [-0.05, 0) is 40.5 Å². The highest BCUT2D eigenvalue weighted by Gasteiger charge is 2.42. The normalized spacial score (nSPS) is 20.7. The van der Waals surface area contributed by atoms with Crippen molar-refractivity contribution in [3.05, 3.63) is 0 Å². The van der Waals surface area contributed by atoms with Gasteiger partial charge in [-0.2, -0.15) is 0 Å². The molecule has 4 nitrogen and oxygen atoms in total. The Bertz CT molecular complexity index is 276. The standard InChI is InChI=1S/C13H26N2O2/c1-10(14)6-7-13(5)8-15(9-13)11(16)17-12(2,3)4/h10H,6-9,14H2,1-5H3. The van der Waals surface area contributed by atoms with Crippen molar-refractivity contribution in [1.29, 1.82) is 0 Å². The number of ether oxygens (including phenoxy) is 1. The van der Waals surface area contributed by atoms with E-state index in [0.717, 1.165) is 25.9 Å². The molecule has 2 N–H and O–H groups in total. The number of carbonyl (C=O) groups is 1. The molecule has 1 heterocycles. The Morgan fingerprint density at radius 2 is 2.00 bits per heavy atom. The van der Waals surface area contributed by atoms with Gasteiger partial charge < -0.3 is 15.4 Å². The van der Waals surface area contributed by atoms with Crippen LogP contribution in [0.2, 0.25) is 0 Å². The molecule has 1 atom stereocenters. The van der Waals surface area contributed by atoms with Crippen molar-refractivity contribution in [2.45, 2.75) is 59.1 Å². The van der Waals surface area contributed by atoms with Crippen LogP contribution in [0.15, 0.2) is 0 Å². The minimum Gasteiger partial charge on any atom is -0.444 e. The van der Waals surface area contributed by atoms with E-state index in [9.17, 15) is 4.79 Å². The molecule has 1 aliphatic rings. The number of hydrogen-bond acceptors (Lipinski definition) is 3. The highest BCUT2D eigenvalue weighted by atomic mass is 16.6. The summed E-state index contributed by atoms with van der Waals surface area (Å²) in [7, 11) is 0. The molecule has 0 aliphatic carbocycles. The van der Waals surface area contributed by atoms with Crippen LogP contribution in [-0.2, 0) is 4.74 Å². The molecule has 100 valence electrons. The molecule has 0 spiro atoms. The summed E-state index contributed by atoms with van der Waals surface area (Å²) in [5.41, 5.74) is 5.57. The first-order chi connectivity index (χ1) is 7.61. The second-order valence-electron chi connectivity index (χ2n) is 6.66. The van der Waals surface area contributed by atoms with E-state index >= 15 is 0 Å². The predicted molar refractivity (Wildman–Crippen MR) is 68.8 cm³/mol. The molecule has 17 heavy (non-hydrogen) atoms. The average molecular weight is 242 g/mol. The van der Waals surface area contributed by atoms with E-state index < -0.39 is 5.60 Å². The Hall–Kier alpha value is -0.770. The minimum absolute atomic E-state index is 0.198. The van der Waals surface area contributed by atoms with Crippen LogP contribution in [-0.4, -0.2) is 35.7 Å². The second-order valence-corrected chi connectivity index (χ2v) is 6.66. The Kier molecular flexibility index (Phi) is 4.07. The number of nitrogens with zero attached hydrogens (tertiary/aromatic N) is 1. The highest BCUT2D eigenvalue weighted by molar-refractivity contribution is 5.69. The Labute approximate surface area is 104 Å². The second kappa shape index (κ2) is 4.84. The lowest BCUT2D eigenvalue weighted by molar-refractivity contribution is -0.0314. The largest absolute Gasteiger partial charge is 0.444 e. The topological polar surface area (TPSA) is 55.6 Å². The summed E-state index contributed by atoms with van der Waals surface area (Å²) in [5, 5.41) is 0. The van der Waals surface area contributed by atoms with E-state index in [4.69, 9.17) is 10.5 Å². The van der Waals surface area contributed by atoms with Gasteiger partial charge in [0.25, 0.3) is 0 Å². The number of hydrogen-bond donors (Lipinski definition) is 1. The lowest BCUT2D eigenvalue weighted by atomic mass is 9.77. The van der Waals surface area contributed by atoms with Gasteiger partial charge in [0.05, 0.1) is 0 Å². The molecule has 1 fully saturated rings. The van der Waals surface area contributed by atoms with Gasteiger partial charge in [0.1, 0.15) is 5.60 Å². The van der Waals surface area contributed by atoms with Gasteiger partial charge in [-0.25, -0.2) is 4.79 Å². The molecule has 1 aliphatic heterocycles. The zero-order chi connectivity index (χ0) is 13.3. The third-order valence-corrected chi connectivity index (χ3v) is 3.00. The molecule has 1 saturated heterocycles. The maximum Gasteiger partial charge on any atom is 0.410 e. The Morgan fingerprint density at radius 1 is 1.47 bits per heavy atom. The summed E-state index contributed by atoms with van der Waals surface area (Å²) >= 11 is 0. The van der Waals surface area contributed by atoms with Gasteiger partial charge in [0, 0.05) is 24.5 Å². The molecule has 0 aromatic carbocycles. The summed E-state index contributed by atoms with van der Waals surface area (Å²) in [6.07, 6.45) is 1.89. The third-order valence-electron chi connectivity index (χ3n) is 3.00. The molecule has 1 rings (SSSR count). The quantitative estimate of drug-likeness (QED) is 0.826. The molecule has 0 bridgehead atoms. The van der Waals surface area contributed by atoms with Crippen molar-refractivity contribution < 1.29 is 9.53 Å². The van der Waals surface area contributed by atoms with Gasteiger partial charge in [0.15, 0.2) is 0 Å². The minimum atomic E-state index is -0.408. The van der Waals surface area contributed by atoms with Crippen LogP contribution in [0.4, 0.5) is 4.79 Å². The summed E-state index contributed by atoms with van der Waals surface area (Å²) < 4.78 is 5.32. The van der Waals surface area contributed by atoms with Crippen molar-refractivity contribution in [3.63, 3.8) is 0 Å². The summed E-state index contributed by atoms with van der Waals surface area (Å²) in [5.74, 6) is 0. The van der Waals surface area contributed by atoms with Crippen molar-refractivity contribution in [1.82, 2.24) is 4.90 Å². The van der Waals surface area contributed by atoms with Crippen molar-refractivity contribution >= 4 is 6.09 Å². The molecule has 0 saturated carbocycles. The fourth-order valence-corrected chi connectivity index (χ4v) is 2.07. The van der Waals surface area contributed by atoms with E-state index in [-0.39, 0.29) is 17.6 Å². The zero-order valence-electron chi connectivity index (χ0n) is 11.7. The lowest BCUT2D eigenvalue weighted by Gasteiger charge is -2.48. The third kappa shape index (κ3) is 4.54. The number of carbonyl (C=O) groups excluding carboxylic acids is 1. The van der Waals surface area contributed by atoms with Crippen molar-refractivity contribution in [3.8, 4) is 0 Å². The van der Waals surface area contributed by atoms with Crippen LogP contribution in [0.3, 0.4) is 0 Å². The lowest BCUT2D eigenvalue weighted by Crippen LogP contribution is -2.58. The summed E-state index contributed by atoms with van der Waals surface area (Å²) in [4.78, 5) is 13.5. The Morgan fingerprint density at radius 3 is 2.41 bits per heavy atom. The first kappa shape index (κ1) is 14.3. The number of likely N-dealkylation sites (tertiary alicyclic amines) is 1. The van der Waals surface area contributed by atoms with Crippen molar-refractivity contribution in [2.24, 2.45) is 11.1 Å². The molecule has 1 amide bonds. The van der Waals surface area contributed by atoms with Crippen molar-refractivity contribution in [2.75, 3.05) is 13.1 Å². The molecule has 4 heteroatoms. The van der Waals surface area contributed by atoms with Crippen LogP contribution in [0.25, 0.3) is 0 Å². The summed E-state index contributed by atoms with van der Waals surface area (Å²) in [6, 6.07) is 0.238. The first-order valence-electron chi connectivity index (χ1n) is 6.35. The SMILES string of the molecule is CC(N)CCC1(C)CN(C(=O)OC(C)(C)C)C1.